The number of hydrogen-bond acceptors (Lipinski definition) is 4. The van der Waals surface area contributed by atoms with Crippen LogP contribution in [0, 0.1) is 0 Å². The lowest BCUT2D eigenvalue weighted by molar-refractivity contribution is 0.362. The lowest BCUT2D eigenvalue weighted by Crippen LogP contribution is -2.46. The Bertz CT molecular complexity index is 303. The Morgan fingerprint density at radius 3 is 2.56 bits per heavy atom. The van der Waals surface area contributed by atoms with Crippen molar-refractivity contribution in [1.29, 1.82) is 0 Å². The second-order valence-corrected chi connectivity index (χ2v) is 8.09. The van der Waals surface area contributed by atoms with Gasteiger partial charge < -0.3 is 5.32 Å². The van der Waals surface area contributed by atoms with E-state index < -0.39 is 9.84 Å². The second-order valence-electron chi connectivity index (χ2n) is 4.83. The van der Waals surface area contributed by atoms with Crippen LogP contribution in [0.5, 0.6) is 0 Å². The Morgan fingerprint density at radius 1 is 1.38 bits per heavy atom. The van der Waals surface area contributed by atoms with E-state index in [9.17, 15) is 8.42 Å². The number of hydrogen-bond donors (Lipinski definition) is 1. The molecule has 1 saturated carbocycles. The van der Waals surface area contributed by atoms with Crippen LogP contribution in [0.15, 0.2) is 0 Å². The molecule has 1 N–H and O–H groups in total. The first-order chi connectivity index (χ1) is 7.42. The highest BCUT2D eigenvalue weighted by molar-refractivity contribution is 7.99. The molecular weight excluding hydrogens is 242 g/mol. The summed E-state index contributed by atoms with van der Waals surface area (Å²) in [7, 11) is -2.87. The Labute approximate surface area is 104 Å². The summed E-state index contributed by atoms with van der Waals surface area (Å²) >= 11 is 1.90. The first-order valence-electron chi connectivity index (χ1n) is 5.89. The minimum Gasteiger partial charge on any atom is -0.309 e. The largest absolute Gasteiger partial charge is 0.309 e. The average Bonchev–Trinajstić information content (AvgIpc) is 2.15. The molecule has 0 saturated heterocycles. The zero-order chi connectivity index (χ0) is 12.2. The van der Waals surface area contributed by atoms with E-state index in [2.05, 4.69) is 11.6 Å². The molecule has 3 atom stereocenters. The standard InChI is InChI=1S/C11H23NO2S2/c1-9(8-16(3,13)14)12-10-6-4-5-7-11(10)15-2/h9-12H,4-8H2,1-3H3. The third-order valence-corrected chi connectivity index (χ3v) is 5.33. The summed E-state index contributed by atoms with van der Waals surface area (Å²) in [4.78, 5) is 0. The van der Waals surface area contributed by atoms with Gasteiger partial charge in [-0.3, -0.25) is 0 Å². The molecule has 1 aliphatic rings. The molecular formula is C11H23NO2S2. The topological polar surface area (TPSA) is 46.2 Å². The van der Waals surface area contributed by atoms with E-state index in [1.807, 2.05) is 18.7 Å². The van der Waals surface area contributed by atoms with E-state index in [0.29, 0.717) is 11.3 Å². The SMILES string of the molecule is CSC1CCCCC1NC(C)CS(C)(=O)=O. The van der Waals surface area contributed by atoms with Crippen molar-refractivity contribution >= 4 is 21.6 Å². The van der Waals surface area contributed by atoms with Crippen molar-refractivity contribution < 1.29 is 8.42 Å². The summed E-state index contributed by atoms with van der Waals surface area (Å²) in [6, 6.07) is 0.549. The van der Waals surface area contributed by atoms with Gasteiger partial charge in [0.05, 0.1) is 5.75 Å². The van der Waals surface area contributed by atoms with E-state index >= 15 is 0 Å². The predicted molar refractivity (Wildman–Crippen MR) is 71.9 cm³/mol. The lowest BCUT2D eigenvalue weighted by atomic mass is 9.94. The van der Waals surface area contributed by atoms with Gasteiger partial charge in [-0.1, -0.05) is 12.8 Å². The van der Waals surface area contributed by atoms with Crippen molar-refractivity contribution in [3.63, 3.8) is 0 Å². The summed E-state index contributed by atoms with van der Waals surface area (Å²) in [6.07, 6.45) is 8.46. The summed E-state index contributed by atoms with van der Waals surface area (Å²) < 4.78 is 22.4. The lowest BCUT2D eigenvalue weighted by Gasteiger charge is -2.33. The van der Waals surface area contributed by atoms with E-state index in [-0.39, 0.29) is 11.8 Å². The first-order valence-corrected chi connectivity index (χ1v) is 9.24. The second kappa shape index (κ2) is 6.26. The van der Waals surface area contributed by atoms with Gasteiger partial charge in [-0.05, 0) is 26.0 Å². The molecule has 0 aromatic rings. The van der Waals surface area contributed by atoms with Crippen LogP contribution in [0.4, 0.5) is 0 Å². The maximum Gasteiger partial charge on any atom is 0.148 e. The highest BCUT2D eigenvalue weighted by Crippen LogP contribution is 2.27. The van der Waals surface area contributed by atoms with Crippen LogP contribution in [0.3, 0.4) is 0 Å². The monoisotopic (exact) mass is 265 g/mol. The van der Waals surface area contributed by atoms with Crippen LogP contribution in [-0.2, 0) is 9.84 Å². The molecule has 0 bridgehead atoms. The summed E-state index contributed by atoms with van der Waals surface area (Å²) in [5.74, 6) is 0.241. The van der Waals surface area contributed by atoms with Crippen LogP contribution >= 0.6 is 11.8 Å². The molecule has 0 spiro atoms. The van der Waals surface area contributed by atoms with E-state index in [1.165, 1.54) is 31.9 Å². The molecule has 0 aliphatic heterocycles. The van der Waals surface area contributed by atoms with Crippen LogP contribution in [0.1, 0.15) is 32.6 Å². The van der Waals surface area contributed by atoms with Crippen molar-refractivity contribution in [3.05, 3.63) is 0 Å². The molecule has 0 aromatic carbocycles. The minimum atomic E-state index is -2.87. The molecule has 1 fully saturated rings. The molecule has 5 heteroatoms. The van der Waals surface area contributed by atoms with Crippen LogP contribution < -0.4 is 5.32 Å². The molecule has 16 heavy (non-hydrogen) atoms. The average molecular weight is 265 g/mol. The molecule has 0 heterocycles. The fraction of sp³-hybridized carbons (Fsp3) is 1.00. The number of rotatable bonds is 5. The zero-order valence-corrected chi connectivity index (χ0v) is 12.0. The fourth-order valence-corrected chi connectivity index (χ4v) is 4.39. The highest BCUT2D eigenvalue weighted by atomic mass is 32.2. The quantitative estimate of drug-likeness (QED) is 0.821. The predicted octanol–water partition coefficient (Wildman–Crippen LogP) is 1.68. The number of nitrogens with one attached hydrogen (secondary N) is 1. The molecule has 0 radical (unpaired) electrons. The summed E-state index contributed by atoms with van der Waals surface area (Å²) in [5.41, 5.74) is 0. The fourth-order valence-electron chi connectivity index (χ4n) is 2.44. The van der Waals surface area contributed by atoms with Crippen LogP contribution in [0.2, 0.25) is 0 Å². The summed E-state index contributed by atoms with van der Waals surface area (Å²) in [6.45, 7) is 1.97. The van der Waals surface area contributed by atoms with Gasteiger partial charge in [0.1, 0.15) is 9.84 Å². The Hall–Kier alpha value is 0.260. The number of sulfone groups is 1. The van der Waals surface area contributed by atoms with Gasteiger partial charge in [-0.2, -0.15) is 11.8 Å². The third kappa shape index (κ3) is 5.06. The third-order valence-electron chi connectivity index (χ3n) is 3.06. The smallest absolute Gasteiger partial charge is 0.148 e. The Kier molecular flexibility index (Phi) is 5.61. The van der Waals surface area contributed by atoms with Gasteiger partial charge in [-0.25, -0.2) is 8.42 Å². The normalized spacial score (nSPS) is 28.9. The number of thioether (sulfide) groups is 1. The van der Waals surface area contributed by atoms with Gasteiger partial charge in [0.2, 0.25) is 0 Å². The van der Waals surface area contributed by atoms with E-state index in [4.69, 9.17) is 0 Å². The van der Waals surface area contributed by atoms with Crippen molar-refractivity contribution in [2.24, 2.45) is 0 Å². The van der Waals surface area contributed by atoms with Crippen molar-refractivity contribution in [3.8, 4) is 0 Å². The van der Waals surface area contributed by atoms with Crippen molar-refractivity contribution in [2.75, 3.05) is 18.3 Å². The summed E-state index contributed by atoms with van der Waals surface area (Å²) in [5, 5.41) is 4.13. The van der Waals surface area contributed by atoms with Gasteiger partial charge in [0, 0.05) is 23.6 Å². The Balaban J connectivity index is 2.45. The van der Waals surface area contributed by atoms with Gasteiger partial charge in [-0.15, -0.1) is 0 Å². The van der Waals surface area contributed by atoms with Crippen LogP contribution in [-0.4, -0.2) is 44.0 Å². The van der Waals surface area contributed by atoms with Crippen molar-refractivity contribution in [2.45, 2.75) is 49.9 Å². The zero-order valence-electron chi connectivity index (χ0n) is 10.4. The Morgan fingerprint density at radius 2 is 2.00 bits per heavy atom. The van der Waals surface area contributed by atoms with Gasteiger partial charge in [0.25, 0.3) is 0 Å². The molecule has 3 unspecified atom stereocenters. The van der Waals surface area contributed by atoms with Crippen LogP contribution in [0.25, 0.3) is 0 Å². The molecule has 1 aliphatic carbocycles. The molecule has 96 valence electrons. The minimum absolute atomic E-state index is 0.0627. The molecule has 0 amide bonds. The molecule has 0 aromatic heterocycles. The molecule has 1 rings (SSSR count). The molecule has 3 nitrogen and oxygen atoms in total. The van der Waals surface area contributed by atoms with E-state index in [1.54, 1.807) is 0 Å². The van der Waals surface area contributed by atoms with E-state index in [0.717, 1.165) is 0 Å². The van der Waals surface area contributed by atoms with Gasteiger partial charge >= 0.3 is 0 Å². The van der Waals surface area contributed by atoms with Crippen molar-refractivity contribution in [1.82, 2.24) is 5.32 Å². The van der Waals surface area contributed by atoms with Gasteiger partial charge in [0.15, 0.2) is 0 Å². The highest BCUT2D eigenvalue weighted by Gasteiger charge is 2.25. The first kappa shape index (κ1) is 14.3. The maximum absolute atomic E-state index is 11.2. The maximum atomic E-state index is 11.2.